The molecule has 0 saturated carbocycles. The Bertz CT molecular complexity index is 1300. The maximum Gasteiger partial charge on any atom is 0.280 e. The quantitative estimate of drug-likeness (QED) is 0.545. The number of pyridine rings is 1. The van der Waals surface area contributed by atoms with Gasteiger partial charge in [-0.1, -0.05) is 0 Å². The Hall–Kier alpha value is -3.52. The minimum Gasteiger partial charge on any atom is -0.376 e. The summed E-state index contributed by atoms with van der Waals surface area (Å²) in [6.45, 7) is 1.20. The molecule has 5 rings (SSSR count). The molecule has 2 aromatic carbocycles. The van der Waals surface area contributed by atoms with Gasteiger partial charge in [0.2, 0.25) is 0 Å². The fourth-order valence-corrected chi connectivity index (χ4v) is 3.79. The highest BCUT2D eigenvalue weighted by Gasteiger charge is 2.18. The Morgan fingerprint density at radius 2 is 2.07 bits per heavy atom. The molecule has 2 aromatic heterocycles. The Labute approximate surface area is 170 Å². The third kappa shape index (κ3) is 3.25. The molecule has 30 heavy (non-hydrogen) atoms. The second kappa shape index (κ2) is 7.38. The van der Waals surface area contributed by atoms with Crippen LogP contribution >= 0.6 is 0 Å². The average Bonchev–Trinajstić information content (AvgIpc) is 3.40. The summed E-state index contributed by atoms with van der Waals surface area (Å²) < 4.78 is 20.1. The van der Waals surface area contributed by atoms with E-state index in [1.165, 1.54) is 35.1 Å². The predicted octanol–water partition coefficient (Wildman–Crippen LogP) is 2.91. The van der Waals surface area contributed by atoms with Crippen LogP contribution in [0.5, 0.6) is 0 Å². The first kappa shape index (κ1) is 18.5. The Kier molecular flexibility index (Phi) is 4.55. The fraction of sp³-hybridized carbons (Fsp3) is 0.227. The van der Waals surface area contributed by atoms with Crippen LogP contribution in [0.1, 0.15) is 23.2 Å². The maximum absolute atomic E-state index is 13.2. The number of H-pyrrole nitrogens is 1. The zero-order valence-electron chi connectivity index (χ0n) is 16.0. The van der Waals surface area contributed by atoms with Gasteiger partial charge in [-0.15, -0.1) is 0 Å². The topological polar surface area (TPSA) is 89.0 Å². The molecule has 3 heterocycles. The van der Waals surface area contributed by atoms with Gasteiger partial charge in [0.1, 0.15) is 5.82 Å². The lowest BCUT2D eigenvalue weighted by Crippen LogP contribution is -2.31. The van der Waals surface area contributed by atoms with E-state index < -0.39 is 0 Å². The molecule has 4 aromatic rings. The first-order valence-electron chi connectivity index (χ1n) is 9.79. The van der Waals surface area contributed by atoms with Crippen molar-refractivity contribution >= 4 is 27.7 Å². The van der Waals surface area contributed by atoms with E-state index in [1.54, 1.807) is 18.2 Å². The zero-order chi connectivity index (χ0) is 20.7. The average molecular weight is 406 g/mol. The number of hydrogen-bond acceptors (Lipinski definition) is 4. The minimum absolute atomic E-state index is 0.0591. The smallest absolute Gasteiger partial charge is 0.280 e. The Morgan fingerprint density at radius 1 is 1.23 bits per heavy atom. The van der Waals surface area contributed by atoms with Crippen molar-refractivity contribution in [2.75, 3.05) is 13.2 Å². The summed E-state index contributed by atoms with van der Waals surface area (Å²) in [5, 5.41) is 7.03. The van der Waals surface area contributed by atoms with Crippen LogP contribution in [0.25, 0.3) is 27.5 Å². The highest BCUT2D eigenvalue weighted by atomic mass is 19.1. The molecule has 152 valence electrons. The van der Waals surface area contributed by atoms with Crippen molar-refractivity contribution < 1.29 is 13.9 Å². The van der Waals surface area contributed by atoms with Gasteiger partial charge in [-0.25, -0.2) is 9.07 Å². The van der Waals surface area contributed by atoms with Gasteiger partial charge in [0.15, 0.2) is 0 Å². The van der Waals surface area contributed by atoms with E-state index in [4.69, 9.17) is 4.74 Å². The summed E-state index contributed by atoms with van der Waals surface area (Å²) in [6.07, 6.45) is 3.52. The van der Waals surface area contributed by atoms with E-state index in [-0.39, 0.29) is 23.4 Å². The summed E-state index contributed by atoms with van der Waals surface area (Å²) in [6, 6.07) is 10.8. The molecule has 0 aliphatic carbocycles. The number of nitrogens with zero attached hydrogens (tertiary/aromatic N) is 2. The number of carbonyl (C=O) groups excluding carboxylic acids is 1. The molecule has 1 fully saturated rings. The number of ether oxygens (including phenoxy) is 1. The van der Waals surface area contributed by atoms with Crippen LogP contribution in [0.4, 0.5) is 4.39 Å². The number of hydrogen-bond donors (Lipinski definition) is 2. The van der Waals surface area contributed by atoms with E-state index >= 15 is 0 Å². The molecule has 0 radical (unpaired) electrons. The zero-order valence-corrected chi connectivity index (χ0v) is 16.0. The van der Waals surface area contributed by atoms with E-state index in [1.807, 2.05) is 0 Å². The monoisotopic (exact) mass is 406 g/mol. The molecule has 1 aliphatic rings. The van der Waals surface area contributed by atoms with Crippen molar-refractivity contribution in [3.8, 4) is 5.69 Å². The second-order valence-corrected chi connectivity index (χ2v) is 7.35. The molecular formula is C22H19FN4O3. The minimum atomic E-state index is -0.381. The van der Waals surface area contributed by atoms with Gasteiger partial charge in [-0.05, 0) is 55.3 Å². The lowest BCUT2D eigenvalue weighted by Gasteiger charge is -2.11. The summed E-state index contributed by atoms with van der Waals surface area (Å²) in [4.78, 5) is 29.8. The SMILES string of the molecule is O=C(NC[C@H]1CCCO1)c1ccc2ncc3c(=O)n(-c4ccc(F)cc4)[nH]c3c2c1. The maximum atomic E-state index is 13.2. The Morgan fingerprint density at radius 3 is 2.83 bits per heavy atom. The number of nitrogens with one attached hydrogen (secondary N) is 2. The first-order valence-corrected chi connectivity index (χ1v) is 9.79. The Balaban J connectivity index is 1.54. The molecule has 7 nitrogen and oxygen atoms in total. The van der Waals surface area contributed by atoms with Crippen molar-refractivity contribution in [2.45, 2.75) is 18.9 Å². The standard InChI is InChI=1S/C22H19FN4O3/c23-14-4-6-15(7-5-14)27-22(29)18-12-24-19-8-3-13(10-17(19)20(18)26-27)21(28)25-11-16-2-1-9-30-16/h3-8,10,12,16,26H,1-2,9,11H2,(H,25,28)/t16-/m1/s1. The summed E-state index contributed by atoms with van der Waals surface area (Å²) >= 11 is 0. The largest absolute Gasteiger partial charge is 0.376 e. The van der Waals surface area contributed by atoms with E-state index in [2.05, 4.69) is 15.4 Å². The van der Waals surface area contributed by atoms with Gasteiger partial charge in [0.25, 0.3) is 11.5 Å². The molecule has 1 amide bonds. The molecule has 0 unspecified atom stereocenters. The van der Waals surface area contributed by atoms with Gasteiger partial charge in [0, 0.05) is 30.3 Å². The number of carbonyl (C=O) groups is 1. The number of aromatic nitrogens is 3. The van der Waals surface area contributed by atoms with Crippen molar-refractivity contribution in [1.29, 1.82) is 0 Å². The number of rotatable bonds is 4. The molecule has 1 aliphatic heterocycles. The van der Waals surface area contributed by atoms with Crippen LogP contribution in [0.2, 0.25) is 0 Å². The third-order valence-electron chi connectivity index (χ3n) is 5.39. The lowest BCUT2D eigenvalue weighted by atomic mass is 10.1. The summed E-state index contributed by atoms with van der Waals surface area (Å²) in [5.74, 6) is -0.585. The highest BCUT2D eigenvalue weighted by molar-refractivity contribution is 6.06. The lowest BCUT2D eigenvalue weighted by molar-refractivity contribution is 0.0858. The van der Waals surface area contributed by atoms with E-state index in [0.717, 1.165) is 19.4 Å². The van der Waals surface area contributed by atoms with Crippen LogP contribution in [0.15, 0.2) is 53.5 Å². The number of aromatic amines is 1. The van der Waals surface area contributed by atoms with Gasteiger partial charge >= 0.3 is 0 Å². The molecule has 1 atom stereocenters. The van der Waals surface area contributed by atoms with E-state index in [9.17, 15) is 14.0 Å². The summed E-state index contributed by atoms with van der Waals surface area (Å²) in [7, 11) is 0. The second-order valence-electron chi connectivity index (χ2n) is 7.35. The van der Waals surface area contributed by atoms with Crippen molar-refractivity contribution in [2.24, 2.45) is 0 Å². The van der Waals surface area contributed by atoms with Crippen LogP contribution in [0, 0.1) is 5.82 Å². The van der Waals surface area contributed by atoms with Crippen molar-refractivity contribution in [3.63, 3.8) is 0 Å². The van der Waals surface area contributed by atoms with Crippen molar-refractivity contribution in [1.82, 2.24) is 20.1 Å². The predicted molar refractivity (Wildman–Crippen MR) is 110 cm³/mol. The van der Waals surface area contributed by atoms with Crippen LogP contribution in [-0.2, 0) is 4.74 Å². The number of benzene rings is 2. The first-order chi connectivity index (χ1) is 14.6. The molecule has 0 bridgehead atoms. The molecule has 0 spiro atoms. The molecular weight excluding hydrogens is 387 g/mol. The number of halogens is 1. The summed E-state index contributed by atoms with van der Waals surface area (Å²) in [5.41, 5.74) is 1.93. The van der Waals surface area contributed by atoms with Crippen LogP contribution in [0.3, 0.4) is 0 Å². The fourth-order valence-electron chi connectivity index (χ4n) is 3.79. The van der Waals surface area contributed by atoms with Gasteiger partial charge in [-0.2, -0.15) is 0 Å². The normalized spacial score (nSPS) is 16.4. The van der Waals surface area contributed by atoms with Crippen LogP contribution < -0.4 is 10.9 Å². The highest BCUT2D eigenvalue weighted by Crippen LogP contribution is 2.22. The molecule has 8 heteroatoms. The number of fused-ring (bicyclic) bond motifs is 3. The van der Waals surface area contributed by atoms with Crippen LogP contribution in [-0.4, -0.2) is 39.9 Å². The number of amides is 1. The van der Waals surface area contributed by atoms with Gasteiger partial charge in [0.05, 0.1) is 28.2 Å². The molecule has 2 N–H and O–H groups in total. The van der Waals surface area contributed by atoms with Gasteiger partial charge < -0.3 is 10.1 Å². The van der Waals surface area contributed by atoms with Gasteiger partial charge in [-0.3, -0.25) is 19.7 Å². The van der Waals surface area contributed by atoms with Crippen molar-refractivity contribution in [3.05, 3.63) is 70.4 Å². The molecule has 1 saturated heterocycles. The third-order valence-corrected chi connectivity index (χ3v) is 5.39. The van der Waals surface area contributed by atoms with E-state index in [0.29, 0.717) is 39.6 Å².